The number of nitrogens with zero attached hydrogens (tertiary/aromatic N) is 5. The van der Waals surface area contributed by atoms with Gasteiger partial charge in [0.15, 0.2) is 0 Å². The maximum absolute atomic E-state index is 5.94. The molecule has 1 aromatic carbocycles. The predicted octanol–water partition coefficient (Wildman–Crippen LogP) is 3.37. The fraction of sp³-hybridized carbons (Fsp3) is 0.444. The highest BCUT2D eigenvalue weighted by atomic mass is 16.5. The van der Waals surface area contributed by atoms with Gasteiger partial charge < -0.3 is 29.9 Å². The Balaban J connectivity index is 1.31. The maximum Gasteiger partial charge on any atom is 0.229 e. The van der Waals surface area contributed by atoms with Gasteiger partial charge in [-0.25, -0.2) is 9.97 Å². The summed E-state index contributed by atoms with van der Waals surface area (Å²) < 4.78 is 11.4. The molecule has 3 aliphatic rings. The number of ether oxygens (including phenoxy) is 2. The first kappa shape index (κ1) is 23.1. The molecule has 36 heavy (non-hydrogen) atoms. The van der Waals surface area contributed by atoms with Crippen molar-refractivity contribution in [3.8, 4) is 0 Å². The summed E-state index contributed by atoms with van der Waals surface area (Å²) in [6.07, 6.45) is 2.88. The summed E-state index contributed by atoms with van der Waals surface area (Å²) in [4.78, 5) is 19.3. The Bertz CT molecular complexity index is 1210. The summed E-state index contributed by atoms with van der Waals surface area (Å²) in [7, 11) is 1.94. The van der Waals surface area contributed by atoms with Crippen LogP contribution in [0.15, 0.2) is 48.7 Å². The van der Waals surface area contributed by atoms with Crippen molar-refractivity contribution < 1.29 is 9.47 Å². The first-order chi connectivity index (χ1) is 17.7. The third-order valence-corrected chi connectivity index (χ3v) is 7.49. The molecule has 188 valence electrons. The Morgan fingerprint density at radius 3 is 2.67 bits per heavy atom. The minimum atomic E-state index is -0.188. The van der Waals surface area contributed by atoms with E-state index in [4.69, 9.17) is 24.4 Å². The van der Waals surface area contributed by atoms with Crippen molar-refractivity contribution in [3.63, 3.8) is 0 Å². The summed E-state index contributed by atoms with van der Waals surface area (Å²) in [5.41, 5.74) is 4.09. The second-order valence-electron chi connectivity index (χ2n) is 9.86. The molecule has 3 aromatic rings. The van der Waals surface area contributed by atoms with Gasteiger partial charge in [-0.15, -0.1) is 0 Å². The van der Waals surface area contributed by atoms with Gasteiger partial charge in [-0.2, -0.15) is 4.98 Å². The Morgan fingerprint density at radius 2 is 1.86 bits per heavy atom. The minimum absolute atomic E-state index is 0.188. The van der Waals surface area contributed by atoms with E-state index >= 15 is 0 Å². The van der Waals surface area contributed by atoms with E-state index in [1.165, 1.54) is 5.69 Å². The van der Waals surface area contributed by atoms with E-state index in [9.17, 15) is 0 Å². The van der Waals surface area contributed by atoms with Crippen molar-refractivity contribution >= 4 is 29.0 Å². The Labute approximate surface area is 211 Å². The van der Waals surface area contributed by atoms with Crippen LogP contribution in [0.5, 0.6) is 0 Å². The van der Waals surface area contributed by atoms with Gasteiger partial charge in [0, 0.05) is 54.8 Å². The van der Waals surface area contributed by atoms with Crippen molar-refractivity contribution in [2.24, 2.45) is 0 Å². The van der Waals surface area contributed by atoms with E-state index in [-0.39, 0.29) is 11.5 Å². The van der Waals surface area contributed by atoms with E-state index in [2.05, 4.69) is 63.8 Å². The first-order valence-electron chi connectivity index (χ1n) is 12.7. The molecular weight excluding hydrogens is 454 g/mol. The predicted molar refractivity (Wildman–Crippen MR) is 141 cm³/mol. The maximum atomic E-state index is 5.94. The van der Waals surface area contributed by atoms with Crippen LogP contribution >= 0.6 is 0 Å². The van der Waals surface area contributed by atoms with Crippen LogP contribution in [0.3, 0.4) is 0 Å². The number of aromatic nitrogens is 3. The Hall–Kier alpha value is -3.27. The molecule has 0 radical (unpaired) electrons. The molecule has 0 bridgehead atoms. The third kappa shape index (κ3) is 4.17. The highest BCUT2D eigenvalue weighted by Crippen LogP contribution is 2.50. The zero-order valence-electron chi connectivity index (χ0n) is 20.9. The quantitative estimate of drug-likeness (QED) is 0.543. The fourth-order valence-corrected chi connectivity index (χ4v) is 5.59. The van der Waals surface area contributed by atoms with Gasteiger partial charge in [0.05, 0.1) is 31.6 Å². The molecular formula is C27H33N7O2. The number of hydrogen-bond donors (Lipinski definition) is 2. The number of hydrogen-bond acceptors (Lipinski definition) is 9. The molecule has 3 aliphatic heterocycles. The number of anilines is 5. The lowest BCUT2D eigenvalue weighted by molar-refractivity contribution is 0.0341. The summed E-state index contributed by atoms with van der Waals surface area (Å²) in [6, 6.07) is 14.8. The largest absolute Gasteiger partial charge is 0.380 e. The molecule has 6 rings (SSSR count). The summed E-state index contributed by atoms with van der Waals surface area (Å²) in [5, 5.41) is 6.61. The van der Waals surface area contributed by atoms with E-state index in [1.807, 2.05) is 19.3 Å². The van der Waals surface area contributed by atoms with E-state index < -0.39 is 0 Å². The SMILES string of the molecule is CNCc1cccc(N2c3nc(Nc4ccc(N5CCOCC5)cc4)ncc3[C@]3(C)COCC[C@H]23)n1. The molecule has 2 N–H and O–H groups in total. The lowest BCUT2D eigenvalue weighted by Gasteiger charge is -2.39. The molecule has 2 atom stereocenters. The summed E-state index contributed by atoms with van der Waals surface area (Å²) in [6.45, 7) is 7.75. The smallest absolute Gasteiger partial charge is 0.229 e. The van der Waals surface area contributed by atoms with Crippen LogP contribution in [0, 0.1) is 0 Å². The van der Waals surface area contributed by atoms with Gasteiger partial charge in [0.1, 0.15) is 11.6 Å². The van der Waals surface area contributed by atoms with Crippen LogP contribution < -0.4 is 20.4 Å². The van der Waals surface area contributed by atoms with Crippen LogP contribution in [-0.4, -0.2) is 67.6 Å². The summed E-state index contributed by atoms with van der Waals surface area (Å²) in [5.74, 6) is 2.40. The molecule has 2 aromatic heterocycles. The summed E-state index contributed by atoms with van der Waals surface area (Å²) >= 11 is 0. The van der Waals surface area contributed by atoms with Crippen LogP contribution in [0.4, 0.5) is 29.0 Å². The Morgan fingerprint density at radius 1 is 1.03 bits per heavy atom. The highest BCUT2D eigenvalue weighted by Gasteiger charge is 2.52. The molecule has 9 heteroatoms. The van der Waals surface area contributed by atoms with Crippen molar-refractivity contribution in [1.82, 2.24) is 20.3 Å². The third-order valence-electron chi connectivity index (χ3n) is 7.49. The number of pyridine rings is 1. The lowest BCUT2D eigenvalue weighted by Crippen LogP contribution is -2.48. The standard InChI is InChI=1S/C27H33N7O2/c1-27-18-36-13-10-23(27)34(24-5-3-4-20(30-24)16-28-2)25-22(27)17-29-26(32-25)31-19-6-8-21(9-7-19)33-11-14-35-15-12-33/h3-9,17,23,28H,10-16,18H2,1-2H3,(H,29,31,32)/t23-,27-/m0/s1. The molecule has 0 spiro atoms. The topological polar surface area (TPSA) is 87.7 Å². The number of benzene rings is 1. The van der Waals surface area contributed by atoms with Gasteiger partial charge in [-0.05, 0) is 49.9 Å². The molecule has 2 fully saturated rings. The average Bonchev–Trinajstić information content (AvgIpc) is 3.18. The van der Waals surface area contributed by atoms with Gasteiger partial charge in [-0.3, -0.25) is 0 Å². The molecule has 9 nitrogen and oxygen atoms in total. The minimum Gasteiger partial charge on any atom is -0.380 e. The van der Waals surface area contributed by atoms with Crippen molar-refractivity contribution in [3.05, 3.63) is 59.9 Å². The first-order valence-corrected chi connectivity index (χ1v) is 12.7. The second kappa shape index (κ2) is 9.65. The van der Waals surface area contributed by atoms with Crippen LogP contribution in [0.25, 0.3) is 0 Å². The molecule has 0 amide bonds. The van der Waals surface area contributed by atoms with Gasteiger partial charge in [0.25, 0.3) is 0 Å². The normalized spacial score (nSPS) is 23.3. The van der Waals surface area contributed by atoms with E-state index in [0.29, 0.717) is 12.6 Å². The lowest BCUT2D eigenvalue weighted by atomic mass is 9.77. The zero-order valence-corrected chi connectivity index (χ0v) is 20.9. The molecule has 0 aliphatic carbocycles. The number of rotatable bonds is 6. The highest BCUT2D eigenvalue weighted by molar-refractivity contribution is 5.71. The van der Waals surface area contributed by atoms with Gasteiger partial charge in [-0.1, -0.05) is 13.0 Å². The van der Waals surface area contributed by atoms with Gasteiger partial charge in [0.2, 0.25) is 5.95 Å². The molecule has 2 saturated heterocycles. The number of fused-ring (bicyclic) bond motifs is 3. The van der Waals surface area contributed by atoms with E-state index in [0.717, 1.165) is 74.5 Å². The van der Waals surface area contributed by atoms with Crippen LogP contribution in [-0.2, 0) is 21.4 Å². The monoisotopic (exact) mass is 487 g/mol. The van der Waals surface area contributed by atoms with E-state index in [1.54, 1.807) is 0 Å². The van der Waals surface area contributed by atoms with Crippen LogP contribution in [0.1, 0.15) is 24.6 Å². The fourth-order valence-electron chi connectivity index (χ4n) is 5.59. The van der Waals surface area contributed by atoms with Crippen molar-refractivity contribution in [2.45, 2.75) is 31.3 Å². The number of nitrogens with one attached hydrogen (secondary N) is 2. The second-order valence-corrected chi connectivity index (χ2v) is 9.86. The molecule has 0 saturated carbocycles. The zero-order chi connectivity index (χ0) is 24.5. The molecule has 5 heterocycles. The molecule has 0 unspecified atom stereocenters. The number of morpholine rings is 1. The average molecular weight is 488 g/mol. The Kier molecular flexibility index (Phi) is 6.20. The van der Waals surface area contributed by atoms with Crippen molar-refractivity contribution in [2.75, 3.05) is 61.7 Å². The van der Waals surface area contributed by atoms with Crippen molar-refractivity contribution in [1.29, 1.82) is 0 Å². The van der Waals surface area contributed by atoms with Gasteiger partial charge >= 0.3 is 0 Å². The van der Waals surface area contributed by atoms with Crippen LogP contribution in [0.2, 0.25) is 0 Å².